The summed E-state index contributed by atoms with van der Waals surface area (Å²) in [5.41, 5.74) is 0. The van der Waals surface area contributed by atoms with Gasteiger partial charge >= 0.3 is 145 Å². The van der Waals surface area contributed by atoms with Gasteiger partial charge in [0.25, 0.3) is 0 Å². The first-order chi connectivity index (χ1) is 17.9. The van der Waals surface area contributed by atoms with Crippen LogP contribution in [-0.4, -0.2) is 55.5 Å². The van der Waals surface area contributed by atoms with Crippen LogP contribution < -0.4 is 9.22 Å². The van der Waals surface area contributed by atoms with E-state index in [0.717, 1.165) is 0 Å². The second-order valence-corrected chi connectivity index (χ2v) is 22.0. The first-order valence-corrected chi connectivity index (χ1v) is 24.2. The van der Waals surface area contributed by atoms with Gasteiger partial charge < -0.3 is 0 Å². The van der Waals surface area contributed by atoms with E-state index in [1.54, 1.807) is 0 Å². The molecule has 38 heavy (non-hydrogen) atoms. The van der Waals surface area contributed by atoms with Crippen molar-refractivity contribution in [1.29, 1.82) is 0 Å². The van der Waals surface area contributed by atoms with Gasteiger partial charge in [0.1, 0.15) is 0 Å². The second kappa shape index (κ2) is 23.4. The normalized spacial score (nSPS) is 10.3. The predicted octanol–water partition coefficient (Wildman–Crippen LogP) is 9.95. The van der Waals surface area contributed by atoms with E-state index in [9.17, 15) is 0 Å². The molecule has 3 rings (SSSR count). The van der Waals surface area contributed by atoms with Crippen LogP contribution in [0.3, 0.4) is 0 Å². The molecule has 0 N–H and O–H groups in total. The monoisotopic (exact) mass is 865 g/mol. The Labute approximate surface area is 258 Å². The van der Waals surface area contributed by atoms with E-state index in [4.69, 9.17) is 18.1 Å². The molecule has 0 aromatic heterocycles. The Kier molecular flexibility index (Phi) is 23.2. The Morgan fingerprint density at radius 3 is 0.842 bits per heavy atom. The molecule has 0 saturated heterocycles. The van der Waals surface area contributed by atoms with Gasteiger partial charge in [-0.05, 0) is 37.0 Å². The zero-order chi connectivity index (χ0) is 27.4. The fourth-order valence-electron chi connectivity index (χ4n) is 3.29. The fraction of sp³-hybridized carbons (Fsp3) is 0.400. The van der Waals surface area contributed by atoms with Gasteiger partial charge in [-0.1, -0.05) is 41.5 Å². The van der Waals surface area contributed by atoms with Crippen LogP contribution in [0.2, 0.25) is 0 Å². The van der Waals surface area contributed by atoms with Gasteiger partial charge in [-0.25, -0.2) is 0 Å². The van der Waals surface area contributed by atoms with E-state index in [0.29, 0.717) is 33.1 Å². The van der Waals surface area contributed by atoms with Crippen molar-refractivity contribution in [1.82, 2.24) is 0 Å². The molecule has 0 unspecified atom stereocenters. The van der Waals surface area contributed by atoms with Crippen LogP contribution in [0, 0.1) is 0 Å². The average Bonchev–Trinajstić information content (AvgIpc) is 2.93. The van der Waals surface area contributed by atoms with Crippen molar-refractivity contribution in [2.75, 3.05) is 37.0 Å². The summed E-state index contributed by atoms with van der Waals surface area (Å²) in [5, 5.41) is 0. The summed E-state index contributed by atoms with van der Waals surface area (Å²) in [5.74, 6) is 1.89. The van der Waals surface area contributed by atoms with Crippen LogP contribution >= 0.6 is 24.8 Å². The predicted molar refractivity (Wildman–Crippen MR) is 170 cm³/mol. The van der Waals surface area contributed by atoms with E-state index < -0.39 is 18.5 Å². The summed E-state index contributed by atoms with van der Waals surface area (Å²) in [4.78, 5) is 0. The maximum absolute atomic E-state index is 6.69. The number of para-hydroxylation sites is 3. The molecule has 0 aliphatic heterocycles. The third-order valence-corrected chi connectivity index (χ3v) is 16.7. The molecule has 3 aromatic carbocycles. The number of halogens is 1. The molecule has 3 nitrogen and oxygen atoms in total. The van der Waals surface area contributed by atoms with Gasteiger partial charge in [-0.2, -0.15) is 0 Å². The molecular weight excluding hydrogens is 820 g/mol. The number of benzene rings is 3. The minimum absolute atomic E-state index is 0. The van der Waals surface area contributed by atoms with Crippen LogP contribution in [0.25, 0.3) is 0 Å². The Bertz CT molecular complexity index is 794. The molecule has 0 fully saturated rings. The topological polar surface area (TPSA) is 27.7 Å². The number of hydrogen-bond donors (Lipinski definition) is 0. The molecule has 0 radical (unpaired) electrons. The molecule has 0 aliphatic rings. The van der Waals surface area contributed by atoms with Crippen LogP contribution in [0.1, 0.15) is 41.5 Å². The summed E-state index contributed by atoms with van der Waals surface area (Å²) < 4.78 is 17.8. The molecule has 3 aromatic rings. The van der Waals surface area contributed by atoms with Crippen molar-refractivity contribution >= 4 is 43.3 Å². The summed E-state index contributed by atoms with van der Waals surface area (Å²) in [7, 11) is 7.58. The standard InChI is InChI=1S/3C6H6O.2C6H15P.ClH.Pt.Sn/c3*7-6-4-2-1-3-5-6;2*1-4-7(5-2)6-3;;;/h3*1-5,7H;2*4-6H2,1-3H3;1H;;/q;;;;;;;+4/p-4. The van der Waals surface area contributed by atoms with Gasteiger partial charge in [-0.15, -0.1) is 15.8 Å². The SMILES string of the molecule is CCP(CC)CC.CCP(CC)CC.[Cl][Sn]([O]c1ccccc1)([O]c1ccccc1)[O]c1ccccc1.[Pt]. The Morgan fingerprint density at radius 1 is 0.474 bits per heavy atom. The van der Waals surface area contributed by atoms with Crippen molar-refractivity contribution in [3.8, 4) is 17.2 Å². The third kappa shape index (κ3) is 16.7. The van der Waals surface area contributed by atoms with E-state index in [2.05, 4.69) is 41.5 Å². The van der Waals surface area contributed by atoms with Gasteiger partial charge in [0.05, 0.1) is 0 Å². The first-order valence-electron chi connectivity index (χ1n) is 13.3. The molecule has 0 bridgehead atoms. The van der Waals surface area contributed by atoms with Crippen molar-refractivity contribution in [3.05, 3.63) is 91.0 Å². The zero-order valence-electron chi connectivity index (χ0n) is 23.7. The van der Waals surface area contributed by atoms with Crippen molar-refractivity contribution < 1.29 is 30.3 Å². The van der Waals surface area contributed by atoms with E-state index in [1.165, 1.54) is 37.0 Å². The number of rotatable bonds is 12. The maximum atomic E-state index is 6.69. The Hall–Kier alpha value is -0.303. The van der Waals surface area contributed by atoms with Crippen LogP contribution in [0.15, 0.2) is 91.0 Å². The fourth-order valence-corrected chi connectivity index (χ4v) is 11.7. The maximum Gasteiger partial charge on any atom is 0 e. The third-order valence-electron chi connectivity index (χ3n) is 5.63. The molecule has 0 spiro atoms. The minimum atomic E-state index is -4.36. The van der Waals surface area contributed by atoms with Crippen LogP contribution in [-0.2, 0) is 21.1 Å². The van der Waals surface area contributed by atoms with Gasteiger partial charge in [0.15, 0.2) is 0 Å². The Morgan fingerprint density at radius 2 is 0.684 bits per heavy atom. The van der Waals surface area contributed by atoms with Gasteiger partial charge in [0.2, 0.25) is 0 Å². The average molecular weight is 865 g/mol. The smallest absolute Gasteiger partial charge is 0 e. The molecule has 0 saturated carbocycles. The van der Waals surface area contributed by atoms with Gasteiger partial charge in [0, 0.05) is 21.1 Å². The molecule has 0 heterocycles. The molecule has 214 valence electrons. The summed E-state index contributed by atoms with van der Waals surface area (Å²) >= 11 is -4.36. The van der Waals surface area contributed by atoms with Crippen molar-refractivity contribution in [3.63, 3.8) is 0 Å². The zero-order valence-corrected chi connectivity index (χ0v) is 31.4. The van der Waals surface area contributed by atoms with Crippen molar-refractivity contribution in [2.24, 2.45) is 0 Å². The van der Waals surface area contributed by atoms with Crippen molar-refractivity contribution in [2.45, 2.75) is 41.5 Å². The number of hydrogen-bond acceptors (Lipinski definition) is 3. The molecule has 0 aliphatic carbocycles. The molecule has 8 heteroatoms. The van der Waals surface area contributed by atoms with Crippen LogP contribution in [0.4, 0.5) is 0 Å². The molecule has 0 amide bonds. The summed E-state index contributed by atoms with van der Waals surface area (Å²) in [6.45, 7) is 13.7. The Balaban J connectivity index is 0.000000760. The minimum Gasteiger partial charge on any atom is 0 e. The largest absolute Gasteiger partial charge is 0 e. The van der Waals surface area contributed by atoms with Crippen LogP contribution in [0.5, 0.6) is 17.2 Å². The van der Waals surface area contributed by atoms with E-state index in [1.807, 2.05) is 91.0 Å². The van der Waals surface area contributed by atoms with Gasteiger partial charge in [-0.3, -0.25) is 0 Å². The molecule has 0 atom stereocenters. The second-order valence-electron chi connectivity index (χ2n) is 7.97. The first kappa shape index (κ1) is 37.7. The van der Waals surface area contributed by atoms with E-state index in [-0.39, 0.29) is 21.1 Å². The molecular formula is C30H45ClO3P2PtSn. The van der Waals surface area contributed by atoms with E-state index >= 15 is 0 Å². The summed E-state index contributed by atoms with van der Waals surface area (Å²) in [6.07, 6.45) is 8.51. The quantitative estimate of drug-likeness (QED) is 0.134. The summed E-state index contributed by atoms with van der Waals surface area (Å²) in [6, 6.07) is 28.0.